The van der Waals surface area contributed by atoms with Crippen LogP contribution in [-0.2, 0) is 4.79 Å². The van der Waals surface area contributed by atoms with Gasteiger partial charge in [0.15, 0.2) is 5.78 Å². The number of aryl methyl sites for hydroxylation is 2. The molecule has 25 heavy (non-hydrogen) atoms. The topological polar surface area (TPSA) is 37.3 Å². The number of rotatable bonds is 2. The molecule has 0 atom stereocenters. The van der Waals surface area contributed by atoms with E-state index in [0.717, 1.165) is 27.8 Å². The Labute approximate surface area is 154 Å². The van der Waals surface area contributed by atoms with Gasteiger partial charge < -0.3 is 5.11 Å². The lowest BCUT2D eigenvalue weighted by Crippen LogP contribution is -2.25. The Kier molecular flexibility index (Phi) is 4.51. The number of hydrogen-bond donors (Lipinski definition) is 1. The Balaban J connectivity index is 2.09. The van der Waals surface area contributed by atoms with Crippen LogP contribution in [0.4, 0.5) is 0 Å². The smallest absolute Gasteiger partial charge is 0.167 e. The summed E-state index contributed by atoms with van der Waals surface area (Å²) in [6.45, 7) is 8.04. The second kappa shape index (κ2) is 6.34. The van der Waals surface area contributed by atoms with Gasteiger partial charge in [-0.1, -0.05) is 49.7 Å². The molecule has 0 aromatic heterocycles. The third-order valence-corrected chi connectivity index (χ3v) is 5.10. The number of Topliss-reactive ketones (excluding diaryl/α,β-unsaturated/α-hetero) is 1. The van der Waals surface area contributed by atoms with Gasteiger partial charge in [0, 0.05) is 17.9 Å². The van der Waals surface area contributed by atoms with Crippen LogP contribution in [0.5, 0.6) is 0 Å². The standard InChI is InChI=1S/C22H23ClO2/c1-13-10-18(21-19(24)11-22(3,4)12-20(21)25)14(2)9-17(13)15-5-7-16(23)8-6-15/h5-10,24H,11-12H2,1-4H3. The quantitative estimate of drug-likeness (QED) is 0.688. The van der Waals surface area contributed by atoms with E-state index in [-0.39, 0.29) is 17.0 Å². The van der Waals surface area contributed by atoms with Gasteiger partial charge in [0.1, 0.15) is 5.76 Å². The number of aliphatic hydroxyl groups excluding tert-OH is 1. The van der Waals surface area contributed by atoms with Crippen molar-refractivity contribution in [2.75, 3.05) is 0 Å². The molecule has 2 nitrogen and oxygen atoms in total. The second-order valence-electron chi connectivity index (χ2n) is 7.75. The SMILES string of the molecule is Cc1cc(-c2ccc(Cl)cc2)c(C)cc1C1=C(O)CC(C)(C)CC1=O. The predicted octanol–water partition coefficient (Wildman–Crippen LogP) is 6.28. The molecule has 0 saturated heterocycles. The summed E-state index contributed by atoms with van der Waals surface area (Å²) in [6.07, 6.45) is 0.995. The molecule has 1 aliphatic carbocycles. The molecule has 2 aromatic carbocycles. The molecular formula is C22H23ClO2. The highest BCUT2D eigenvalue weighted by molar-refractivity contribution is 6.30. The molecule has 0 unspecified atom stereocenters. The summed E-state index contributed by atoms with van der Waals surface area (Å²) in [5, 5.41) is 11.2. The first kappa shape index (κ1) is 17.8. The molecule has 1 aliphatic rings. The minimum atomic E-state index is -0.184. The molecule has 0 radical (unpaired) electrons. The summed E-state index contributed by atoms with van der Waals surface area (Å²) in [6, 6.07) is 11.8. The number of halogens is 1. The fraction of sp³-hybridized carbons (Fsp3) is 0.318. The van der Waals surface area contributed by atoms with Gasteiger partial charge in [-0.25, -0.2) is 0 Å². The first-order chi connectivity index (χ1) is 11.7. The van der Waals surface area contributed by atoms with E-state index in [0.29, 0.717) is 23.4 Å². The third-order valence-electron chi connectivity index (χ3n) is 4.85. The summed E-state index contributed by atoms with van der Waals surface area (Å²) in [5.74, 6) is 0.235. The van der Waals surface area contributed by atoms with Crippen LogP contribution in [0.25, 0.3) is 16.7 Å². The molecule has 3 heteroatoms. The zero-order valence-electron chi connectivity index (χ0n) is 15.1. The molecule has 0 spiro atoms. The minimum Gasteiger partial charge on any atom is -0.512 e. The number of carbonyl (C=O) groups excluding carboxylic acids is 1. The summed E-state index contributed by atoms with van der Waals surface area (Å²) in [5.41, 5.74) is 5.41. The first-order valence-corrected chi connectivity index (χ1v) is 8.88. The monoisotopic (exact) mass is 354 g/mol. The number of carbonyl (C=O) groups is 1. The highest BCUT2D eigenvalue weighted by Gasteiger charge is 2.34. The molecule has 0 saturated carbocycles. The van der Waals surface area contributed by atoms with Crippen LogP contribution >= 0.6 is 11.6 Å². The van der Waals surface area contributed by atoms with Crippen LogP contribution in [0, 0.1) is 19.3 Å². The van der Waals surface area contributed by atoms with Crippen LogP contribution in [0.2, 0.25) is 5.02 Å². The largest absolute Gasteiger partial charge is 0.512 e. The third kappa shape index (κ3) is 3.50. The fourth-order valence-electron chi connectivity index (χ4n) is 3.62. The van der Waals surface area contributed by atoms with Gasteiger partial charge in [0.05, 0.1) is 5.57 Å². The zero-order chi connectivity index (χ0) is 18.4. The molecule has 0 fully saturated rings. The van der Waals surface area contributed by atoms with Gasteiger partial charge in [-0.15, -0.1) is 0 Å². The van der Waals surface area contributed by atoms with Crippen LogP contribution in [0.1, 0.15) is 43.4 Å². The fourth-order valence-corrected chi connectivity index (χ4v) is 3.75. The van der Waals surface area contributed by atoms with E-state index >= 15 is 0 Å². The summed E-state index contributed by atoms with van der Waals surface area (Å²) >= 11 is 5.98. The molecule has 3 rings (SSSR count). The molecular weight excluding hydrogens is 332 g/mol. The minimum absolute atomic E-state index is 0.0236. The van der Waals surface area contributed by atoms with Crippen molar-refractivity contribution in [3.05, 3.63) is 63.9 Å². The van der Waals surface area contributed by atoms with Crippen molar-refractivity contribution in [1.29, 1.82) is 0 Å². The van der Waals surface area contributed by atoms with Gasteiger partial charge in [0.2, 0.25) is 0 Å². The average Bonchev–Trinajstić information content (AvgIpc) is 2.49. The van der Waals surface area contributed by atoms with Crippen molar-refractivity contribution in [3.8, 4) is 11.1 Å². The van der Waals surface area contributed by atoms with Crippen LogP contribution in [0.15, 0.2) is 42.2 Å². The Morgan fingerprint density at radius 2 is 1.52 bits per heavy atom. The van der Waals surface area contributed by atoms with Crippen molar-refractivity contribution in [1.82, 2.24) is 0 Å². The number of hydrogen-bond acceptors (Lipinski definition) is 2. The first-order valence-electron chi connectivity index (χ1n) is 8.51. The number of ketones is 1. The van der Waals surface area contributed by atoms with E-state index in [1.165, 1.54) is 0 Å². The van der Waals surface area contributed by atoms with Gasteiger partial charge in [-0.3, -0.25) is 4.79 Å². The molecule has 0 heterocycles. The average molecular weight is 355 g/mol. The normalized spacial score (nSPS) is 17.1. The summed E-state index contributed by atoms with van der Waals surface area (Å²) in [4.78, 5) is 12.6. The van der Waals surface area contributed by atoms with Gasteiger partial charge >= 0.3 is 0 Å². The molecule has 0 amide bonds. The molecule has 0 aliphatic heterocycles. The van der Waals surface area contributed by atoms with E-state index < -0.39 is 0 Å². The van der Waals surface area contributed by atoms with E-state index in [9.17, 15) is 9.90 Å². The molecule has 2 aromatic rings. The Hall–Kier alpha value is -2.06. The molecule has 0 bridgehead atoms. The van der Waals surface area contributed by atoms with Crippen molar-refractivity contribution in [2.24, 2.45) is 5.41 Å². The maximum absolute atomic E-state index is 12.6. The zero-order valence-corrected chi connectivity index (χ0v) is 15.9. The lowest BCUT2D eigenvalue weighted by molar-refractivity contribution is -0.116. The summed E-state index contributed by atoms with van der Waals surface area (Å²) < 4.78 is 0. The molecule has 1 N–H and O–H groups in total. The predicted molar refractivity (Wildman–Crippen MR) is 104 cm³/mol. The van der Waals surface area contributed by atoms with E-state index in [4.69, 9.17) is 11.6 Å². The van der Waals surface area contributed by atoms with Crippen LogP contribution in [0.3, 0.4) is 0 Å². The van der Waals surface area contributed by atoms with E-state index in [1.54, 1.807) is 0 Å². The number of aliphatic hydroxyl groups is 1. The highest BCUT2D eigenvalue weighted by atomic mass is 35.5. The number of benzene rings is 2. The van der Waals surface area contributed by atoms with E-state index in [2.05, 4.69) is 6.07 Å². The van der Waals surface area contributed by atoms with Gasteiger partial charge in [-0.05, 0) is 59.2 Å². The maximum atomic E-state index is 12.6. The highest BCUT2D eigenvalue weighted by Crippen LogP contribution is 2.41. The van der Waals surface area contributed by atoms with E-state index in [1.807, 2.05) is 58.0 Å². The second-order valence-corrected chi connectivity index (χ2v) is 8.19. The summed E-state index contributed by atoms with van der Waals surface area (Å²) in [7, 11) is 0. The van der Waals surface area contributed by atoms with Crippen molar-refractivity contribution >= 4 is 23.0 Å². The van der Waals surface area contributed by atoms with Crippen molar-refractivity contribution in [2.45, 2.75) is 40.5 Å². The lowest BCUT2D eigenvalue weighted by Gasteiger charge is -2.30. The van der Waals surface area contributed by atoms with Gasteiger partial charge in [-0.2, -0.15) is 0 Å². The number of allylic oxidation sites excluding steroid dienone is 2. The Bertz CT molecular complexity index is 874. The Morgan fingerprint density at radius 1 is 0.960 bits per heavy atom. The van der Waals surface area contributed by atoms with Crippen molar-refractivity contribution < 1.29 is 9.90 Å². The lowest BCUT2D eigenvalue weighted by atomic mass is 9.74. The van der Waals surface area contributed by atoms with Crippen LogP contribution < -0.4 is 0 Å². The maximum Gasteiger partial charge on any atom is 0.167 e. The van der Waals surface area contributed by atoms with Crippen molar-refractivity contribution in [3.63, 3.8) is 0 Å². The van der Waals surface area contributed by atoms with Crippen LogP contribution in [-0.4, -0.2) is 10.9 Å². The van der Waals surface area contributed by atoms with Gasteiger partial charge in [0.25, 0.3) is 0 Å². The molecule has 130 valence electrons. The Morgan fingerprint density at radius 3 is 2.12 bits per heavy atom.